The van der Waals surface area contributed by atoms with Crippen LogP contribution in [-0.4, -0.2) is 56.9 Å². The third-order valence-corrected chi connectivity index (χ3v) is 4.96. The van der Waals surface area contributed by atoms with Crippen molar-refractivity contribution in [3.8, 4) is 0 Å². The van der Waals surface area contributed by atoms with Gasteiger partial charge in [0.25, 0.3) is 0 Å². The molecule has 1 aliphatic rings. The van der Waals surface area contributed by atoms with Gasteiger partial charge in [-0.15, -0.1) is 0 Å². The van der Waals surface area contributed by atoms with E-state index >= 15 is 0 Å². The number of guanidine groups is 1. The number of imidazole rings is 1. The zero-order chi connectivity index (χ0) is 18.8. The zero-order valence-electron chi connectivity index (χ0n) is 16.0. The van der Waals surface area contributed by atoms with Crippen molar-refractivity contribution < 1.29 is 4.74 Å². The van der Waals surface area contributed by atoms with Crippen LogP contribution in [0.5, 0.6) is 0 Å². The van der Waals surface area contributed by atoms with E-state index in [4.69, 9.17) is 9.72 Å². The molecule has 1 atom stereocenters. The third kappa shape index (κ3) is 3.52. The van der Waals surface area contributed by atoms with Crippen molar-refractivity contribution >= 4 is 17.0 Å². The van der Waals surface area contributed by atoms with Crippen LogP contribution in [0.3, 0.4) is 0 Å². The highest BCUT2D eigenvalue weighted by atomic mass is 16.5. The Morgan fingerprint density at radius 2 is 2.19 bits per heavy atom. The van der Waals surface area contributed by atoms with Crippen molar-refractivity contribution in [2.24, 2.45) is 19.1 Å². The molecule has 0 spiro atoms. The monoisotopic (exact) mass is 367 g/mol. The lowest BCUT2D eigenvalue weighted by molar-refractivity contribution is -0.00806. The fourth-order valence-corrected chi connectivity index (χ4v) is 3.49. The van der Waals surface area contributed by atoms with E-state index in [1.54, 1.807) is 4.68 Å². The molecule has 4 rings (SSSR count). The van der Waals surface area contributed by atoms with Gasteiger partial charge in [0.1, 0.15) is 11.9 Å². The van der Waals surface area contributed by atoms with Gasteiger partial charge in [-0.3, -0.25) is 9.67 Å². The fourth-order valence-electron chi connectivity index (χ4n) is 3.49. The molecule has 0 radical (unpaired) electrons. The molecule has 1 N–H and O–H groups in total. The molecule has 1 unspecified atom stereocenters. The van der Waals surface area contributed by atoms with Gasteiger partial charge < -0.3 is 19.5 Å². The molecule has 0 saturated carbocycles. The molecule has 1 aliphatic heterocycles. The van der Waals surface area contributed by atoms with Crippen LogP contribution in [0.1, 0.15) is 17.5 Å². The maximum atomic E-state index is 5.93. The standard InChI is InChI=1S/C19H25N7O/c1-20-19(21-11-18-23-15-6-4-5-7-16(15)25(18)3)26-8-9-27-17(13-26)14-10-22-24(2)12-14/h4-7,10,12,17H,8-9,11,13H2,1-3H3,(H,20,21). The Balaban J connectivity index is 1.44. The van der Waals surface area contributed by atoms with Crippen LogP contribution in [0.25, 0.3) is 11.0 Å². The second-order valence-corrected chi connectivity index (χ2v) is 6.73. The van der Waals surface area contributed by atoms with Crippen LogP contribution in [0, 0.1) is 0 Å². The summed E-state index contributed by atoms with van der Waals surface area (Å²) in [5.41, 5.74) is 3.23. The Morgan fingerprint density at radius 1 is 1.33 bits per heavy atom. The topological polar surface area (TPSA) is 72.5 Å². The average Bonchev–Trinajstić information content (AvgIpc) is 3.27. The number of aromatic nitrogens is 4. The quantitative estimate of drug-likeness (QED) is 0.560. The van der Waals surface area contributed by atoms with Gasteiger partial charge in [0, 0.05) is 39.4 Å². The van der Waals surface area contributed by atoms with E-state index in [-0.39, 0.29) is 6.10 Å². The number of hydrogen-bond donors (Lipinski definition) is 1. The predicted molar refractivity (Wildman–Crippen MR) is 104 cm³/mol. The number of aryl methyl sites for hydroxylation is 2. The molecule has 1 aromatic carbocycles. The molecule has 8 heteroatoms. The SMILES string of the molecule is CN=C(NCc1nc2ccccc2n1C)N1CCOC(c2cnn(C)c2)C1. The normalized spacial score (nSPS) is 18.3. The molecule has 0 aliphatic carbocycles. The van der Waals surface area contributed by atoms with E-state index in [1.165, 1.54) is 0 Å². The summed E-state index contributed by atoms with van der Waals surface area (Å²) in [7, 11) is 5.77. The first-order valence-electron chi connectivity index (χ1n) is 9.12. The number of hydrogen-bond acceptors (Lipinski definition) is 4. The Morgan fingerprint density at radius 3 is 2.93 bits per heavy atom. The molecule has 27 heavy (non-hydrogen) atoms. The van der Waals surface area contributed by atoms with Crippen molar-refractivity contribution in [1.82, 2.24) is 29.5 Å². The number of nitrogens with one attached hydrogen (secondary N) is 1. The Kier molecular flexibility index (Phi) is 4.81. The smallest absolute Gasteiger partial charge is 0.194 e. The summed E-state index contributed by atoms with van der Waals surface area (Å²) in [6.45, 7) is 2.83. The summed E-state index contributed by atoms with van der Waals surface area (Å²) < 4.78 is 9.85. The lowest BCUT2D eigenvalue weighted by atomic mass is 10.1. The second kappa shape index (κ2) is 7.40. The van der Waals surface area contributed by atoms with Crippen LogP contribution in [-0.2, 0) is 25.4 Å². The minimum atomic E-state index is 0.00162. The van der Waals surface area contributed by atoms with E-state index in [9.17, 15) is 0 Å². The second-order valence-electron chi connectivity index (χ2n) is 6.73. The molecule has 1 fully saturated rings. The molecule has 142 valence electrons. The highest BCUT2D eigenvalue weighted by Gasteiger charge is 2.25. The number of fused-ring (bicyclic) bond motifs is 1. The summed E-state index contributed by atoms with van der Waals surface area (Å²) in [5.74, 6) is 1.84. The van der Waals surface area contributed by atoms with Crippen molar-refractivity contribution in [3.05, 3.63) is 48.0 Å². The molecule has 0 amide bonds. The van der Waals surface area contributed by atoms with Gasteiger partial charge in [0.05, 0.1) is 36.9 Å². The Hall–Kier alpha value is -2.87. The number of benzene rings is 1. The molecule has 3 heterocycles. The first kappa shape index (κ1) is 17.5. The number of nitrogens with zero attached hydrogens (tertiary/aromatic N) is 6. The maximum absolute atomic E-state index is 5.93. The van der Waals surface area contributed by atoms with Crippen LogP contribution >= 0.6 is 0 Å². The van der Waals surface area contributed by atoms with Gasteiger partial charge in [-0.25, -0.2) is 4.98 Å². The largest absolute Gasteiger partial charge is 0.370 e. The molecular formula is C19H25N7O. The minimum Gasteiger partial charge on any atom is -0.370 e. The van der Waals surface area contributed by atoms with Gasteiger partial charge in [-0.05, 0) is 12.1 Å². The Bertz CT molecular complexity index is 958. The summed E-state index contributed by atoms with van der Waals surface area (Å²) >= 11 is 0. The van der Waals surface area contributed by atoms with Crippen molar-refractivity contribution in [2.45, 2.75) is 12.6 Å². The molecule has 2 aromatic heterocycles. The number of morpholine rings is 1. The summed E-state index contributed by atoms with van der Waals surface area (Å²) in [4.78, 5) is 11.4. The van der Waals surface area contributed by atoms with Gasteiger partial charge in [-0.1, -0.05) is 12.1 Å². The van der Waals surface area contributed by atoms with Crippen molar-refractivity contribution in [2.75, 3.05) is 26.7 Å². The zero-order valence-corrected chi connectivity index (χ0v) is 16.0. The molecule has 8 nitrogen and oxygen atoms in total. The molecule has 0 bridgehead atoms. The highest BCUT2D eigenvalue weighted by Crippen LogP contribution is 2.21. The van der Waals surface area contributed by atoms with E-state index in [1.807, 2.05) is 51.7 Å². The number of ether oxygens (including phenoxy) is 1. The number of aliphatic imine (C=N–C) groups is 1. The molecular weight excluding hydrogens is 342 g/mol. The Labute approximate surface area is 158 Å². The van der Waals surface area contributed by atoms with Crippen LogP contribution in [0.15, 0.2) is 41.7 Å². The van der Waals surface area contributed by atoms with Gasteiger partial charge in [0.2, 0.25) is 0 Å². The summed E-state index contributed by atoms with van der Waals surface area (Å²) in [5, 5.41) is 7.70. The maximum Gasteiger partial charge on any atom is 0.194 e. The van der Waals surface area contributed by atoms with Crippen LogP contribution in [0.4, 0.5) is 0 Å². The first-order valence-corrected chi connectivity index (χ1v) is 9.12. The average molecular weight is 367 g/mol. The number of rotatable bonds is 3. The van der Waals surface area contributed by atoms with E-state index in [2.05, 4.69) is 30.9 Å². The van der Waals surface area contributed by atoms with E-state index in [0.29, 0.717) is 13.2 Å². The van der Waals surface area contributed by atoms with Crippen molar-refractivity contribution in [3.63, 3.8) is 0 Å². The highest BCUT2D eigenvalue weighted by molar-refractivity contribution is 5.80. The third-order valence-electron chi connectivity index (χ3n) is 4.96. The van der Waals surface area contributed by atoms with E-state index in [0.717, 1.165) is 41.5 Å². The molecule has 3 aromatic rings. The summed E-state index contributed by atoms with van der Waals surface area (Å²) in [6.07, 6.45) is 3.87. The van der Waals surface area contributed by atoms with Crippen LogP contribution in [0.2, 0.25) is 0 Å². The lowest BCUT2D eigenvalue weighted by Crippen LogP contribution is -2.48. The molecule has 1 saturated heterocycles. The van der Waals surface area contributed by atoms with Crippen LogP contribution < -0.4 is 5.32 Å². The van der Waals surface area contributed by atoms with Gasteiger partial charge in [-0.2, -0.15) is 5.10 Å². The van der Waals surface area contributed by atoms with E-state index < -0.39 is 0 Å². The van der Waals surface area contributed by atoms with Crippen molar-refractivity contribution in [1.29, 1.82) is 0 Å². The number of para-hydroxylation sites is 2. The fraction of sp³-hybridized carbons (Fsp3) is 0.421. The first-order chi connectivity index (χ1) is 13.2. The van der Waals surface area contributed by atoms with Gasteiger partial charge in [0.15, 0.2) is 5.96 Å². The summed E-state index contributed by atoms with van der Waals surface area (Å²) in [6, 6.07) is 8.17. The predicted octanol–water partition coefficient (Wildman–Crippen LogP) is 1.46. The van der Waals surface area contributed by atoms with Gasteiger partial charge >= 0.3 is 0 Å². The lowest BCUT2D eigenvalue weighted by Gasteiger charge is -2.34. The minimum absolute atomic E-state index is 0.00162.